The maximum Gasteiger partial charge on any atom is 0.322 e. The van der Waals surface area contributed by atoms with Crippen LogP contribution in [0.4, 0.5) is 0 Å². The van der Waals surface area contributed by atoms with Crippen LogP contribution in [0.15, 0.2) is 12.4 Å². The monoisotopic (exact) mass is 211 g/mol. The molecular weight excluding hydrogens is 194 g/mol. The predicted octanol–water partition coefficient (Wildman–Crippen LogP) is 0.632. The van der Waals surface area contributed by atoms with Gasteiger partial charge in [0.15, 0.2) is 0 Å². The van der Waals surface area contributed by atoms with Crippen molar-refractivity contribution in [3.63, 3.8) is 0 Å². The Morgan fingerprint density at radius 2 is 2.27 bits per heavy atom. The van der Waals surface area contributed by atoms with Crippen LogP contribution in [-0.2, 0) is 16.6 Å². The Hall–Kier alpha value is -1.36. The molecule has 5 nitrogen and oxygen atoms in total. The van der Waals surface area contributed by atoms with Gasteiger partial charge in [-0.15, -0.1) is 0 Å². The fraction of sp³-hybridized carbons (Fsp3) is 0.600. The van der Waals surface area contributed by atoms with E-state index in [0.29, 0.717) is 0 Å². The van der Waals surface area contributed by atoms with Crippen LogP contribution in [0, 0.1) is 0 Å². The van der Waals surface area contributed by atoms with Crippen LogP contribution in [-0.4, -0.2) is 28.7 Å². The summed E-state index contributed by atoms with van der Waals surface area (Å²) in [5.41, 5.74) is 0. The van der Waals surface area contributed by atoms with Crippen LogP contribution in [0.3, 0.4) is 0 Å². The fourth-order valence-corrected chi connectivity index (χ4v) is 1.49. The highest BCUT2D eigenvalue weighted by atomic mass is 16.5. The van der Waals surface area contributed by atoms with E-state index in [9.17, 15) is 4.79 Å². The Kier molecular flexibility index (Phi) is 3.85. The van der Waals surface area contributed by atoms with E-state index in [-0.39, 0.29) is 18.1 Å². The Morgan fingerprint density at radius 1 is 1.60 bits per heavy atom. The Bertz CT molecular complexity index is 335. The third kappa shape index (κ3) is 2.79. The highest BCUT2D eigenvalue weighted by Gasteiger charge is 2.18. The third-order valence-corrected chi connectivity index (χ3v) is 2.30. The number of carbonyl (C=O) groups excluding carboxylic acids is 1. The topological polar surface area (TPSA) is 56.1 Å². The van der Waals surface area contributed by atoms with Gasteiger partial charge in [0, 0.05) is 19.4 Å². The molecule has 1 aromatic rings. The van der Waals surface area contributed by atoms with E-state index >= 15 is 0 Å². The van der Waals surface area contributed by atoms with Crippen molar-refractivity contribution in [3.8, 4) is 0 Å². The molecule has 2 unspecified atom stereocenters. The number of methoxy groups -OCH3 is 1. The number of nitrogens with one attached hydrogen (secondary N) is 1. The average Bonchev–Trinajstić information content (AvgIpc) is 2.63. The number of imidazole rings is 1. The molecule has 1 rings (SSSR count). The molecule has 15 heavy (non-hydrogen) atoms. The number of esters is 1. The molecule has 2 atom stereocenters. The van der Waals surface area contributed by atoms with Crippen molar-refractivity contribution in [2.75, 3.05) is 7.11 Å². The summed E-state index contributed by atoms with van der Waals surface area (Å²) in [4.78, 5) is 15.4. The van der Waals surface area contributed by atoms with E-state index in [4.69, 9.17) is 0 Å². The first-order valence-electron chi connectivity index (χ1n) is 4.87. The smallest absolute Gasteiger partial charge is 0.322 e. The molecule has 0 bridgehead atoms. The standard InChI is InChI=1S/C10H17N3O2/c1-7(9-11-5-6-13(9)3)12-8(2)10(14)15-4/h5-8,12H,1-4H3. The summed E-state index contributed by atoms with van der Waals surface area (Å²) < 4.78 is 6.55. The highest BCUT2D eigenvalue weighted by Crippen LogP contribution is 2.09. The molecule has 0 aliphatic heterocycles. The molecule has 1 N–H and O–H groups in total. The zero-order chi connectivity index (χ0) is 11.4. The molecule has 0 radical (unpaired) electrons. The third-order valence-electron chi connectivity index (χ3n) is 2.30. The molecule has 0 aromatic carbocycles. The number of aromatic nitrogens is 2. The predicted molar refractivity (Wildman–Crippen MR) is 56.2 cm³/mol. The molecule has 0 amide bonds. The number of carbonyl (C=O) groups is 1. The van der Waals surface area contributed by atoms with Crippen LogP contribution in [0.2, 0.25) is 0 Å². The summed E-state index contributed by atoms with van der Waals surface area (Å²) >= 11 is 0. The minimum atomic E-state index is -0.332. The normalized spacial score (nSPS) is 14.7. The summed E-state index contributed by atoms with van der Waals surface area (Å²) in [6.45, 7) is 3.73. The molecule has 0 saturated heterocycles. The van der Waals surface area contributed by atoms with E-state index in [1.165, 1.54) is 7.11 Å². The van der Waals surface area contributed by atoms with Crippen LogP contribution in [0.5, 0.6) is 0 Å². The lowest BCUT2D eigenvalue weighted by Crippen LogP contribution is -2.37. The molecule has 0 spiro atoms. The Morgan fingerprint density at radius 3 is 2.73 bits per heavy atom. The number of aryl methyl sites for hydroxylation is 1. The number of rotatable bonds is 4. The summed E-state index contributed by atoms with van der Waals surface area (Å²) in [5.74, 6) is 0.627. The second-order valence-corrected chi connectivity index (χ2v) is 3.53. The number of hydrogen-bond acceptors (Lipinski definition) is 4. The first-order valence-corrected chi connectivity index (χ1v) is 4.87. The van der Waals surface area contributed by atoms with Gasteiger partial charge in [0.1, 0.15) is 11.9 Å². The van der Waals surface area contributed by atoms with Crippen molar-refractivity contribution in [3.05, 3.63) is 18.2 Å². The van der Waals surface area contributed by atoms with E-state index < -0.39 is 0 Å². The molecule has 5 heteroatoms. The maximum absolute atomic E-state index is 11.2. The van der Waals surface area contributed by atoms with Gasteiger partial charge in [-0.1, -0.05) is 0 Å². The molecule has 0 aliphatic carbocycles. The average molecular weight is 211 g/mol. The minimum Gasteiger partial charge on any atom is -0.468 e. The van der Waals surface area contributed by atoms with Gasteiger partial charge in [-0.3, -0.25) is 10.1 Å². The van der Waals surface area contributed by atoms with Crippen LogP contribution >= 0.6 is 0 Å². The van der Waals surface area contributed by atoms with Gasteiger partial charge in [-0.2, -0.15) is 0 Å². The first-order chi connectivity index (χ1) is 7.06. The summed E-state index contributed by atoms with van der Waals surface area (Å²) in [7, 11) is 3.30. The lowest BCUT2D eigenvalue weighted by Gasteiger charge is -2.17. The molecule has 1 heterocycles. The number of ether oxygens (including phenoxy) is 1. The molecular formula is C10H17N3O2. The molecule has 1 aromatic heterocycles. The lowest BCUT2D eigenvalue weighted by atomic mass is 10.2. The van der Waals surface area contributed by atoms with E-state index in [1.807, 2.05) is 24.7 Å². The minimum absolute atomic E-state index is 0.0131. The Balaban J connectivity index is 2.60. The van der Waals surface area contributed by atoms with Crippen molar-refractivity contribution in [1.82, 2.24) is 14.9 Å². The second kappa shape index (κ2) is 4.93. The van der Waals surface area contributed by atoms with Gasteiger partial charge >= 0.3 is 5.97 Å². The van der Waals surface area contributed by atoms with E-state index in [2.05, 4.69) is 15.0 Å². The van der Waals surface area contributed by atoms with Crippen molar-refractivity contribution < 1.29 is 9.53 Å². The van der Waals surface area contributed by atoms with Gasteiger partial charge in [0.25, 0.3) is 0 Å². The van der Waals surface area contributed by atoms with Crippen molar-refractivity contribution >= 4 is 5.97 Å². The lowest BCUT2D eigenvalue weighted by molar-refractivity contribution is -0.142. The van der Waals surface area contributed by atoms with Crippen LogP contribution in [0.25, 0.3) is 0 Å². The quantitative estimate of drug-likeness (QED) is 0.742. The van der Waals surface area contributed by atoms with Gasteiger partial charge in [-0.05, 0) is 13.8 Å². The molecule has 0 saturated carbocycles. The summed E-state index contributed by atoms with van der Waals surface area (Å²) in [6, 6.07) is -0.319. The SMILES string of the molecule is COC(=O)C(C)NC(C)c1nccn1C. The molecule has 0 fully saturated rings. The van der Waals surface area contributed by atoms with Crippen molar-refractivity contribution in [1.29, 1.82) is 0 Å². The Labute approximate surface area is 89.4 Å². The van der Waals surface area contributed by atoms with Crippen LogP contribution < -0.4 is 5.32 Å². The number of hydrogen-bond donors (Lipinski definition) is 1. The van der Waals surface area contributed by atoms with Crippen molar-refractivity contribution in [2.45, 2.75) is 25.9 Å². The summed E-state index contributed by atoms with van der Waals surface area (Å²) in [6.07, 6.45) is 3.60. The maximum atomic E-state index is 11.2. The van der Waals surface area contributed by atoms with E-state index in [0.717, 1.165) is 5.82 Å². The summed E-state index contributed by atoms with van der Waals surface area (Å²) in [5, 5.41) is 3.12. The largest absolute Gasteiger partial charge is 0.468 e. The van der Waals surface area contributed by atoms with Gasteiger partial charge in [0.2, 0.25) is 0 Å². The highest BCUT2D eigenvalue weighted by molar-refractivity contribution is 5.75. The zero-order valence-corrected chi connectivity index (χ0v) is 9.52. The second-order valence-electron chi connectivity index (χ2n) is 3.53. The zero-order valence-electron chi connectivity index (χ0n) is 9.52. The van der Waals surface area contributed by atoms with Gasteiger partial charge < -0.3 is 9.30 Å². The van der Waals surface area contributed by atoms with Crippen molar-refractivity contribution in [2.24, 2.45) is 7.05 Å². The van der Waals surface area contributed by atoms with Gasteiger partial charge in [-0.25, -0.2) is 4.98 Å². The van der Waals surface area contributed by atoms with Crippen LogP contribution in [0.1, 0.15) is 25.7 Å². The molecule has 84 valence electrons. The van der Waals surface area contributed by atoms with E-state index in [1.54, 1.807) is 13.1 Å². The fourth-order valence-electron chi connectivity index (χ4n) is 1.49. The number of nitrogens with zero attached hydrogens (tertiary/aromatic N) is 2. The first kappa shape index (κ1) is 11.7. The molecule has 0 aliphatic rings. The van der Waals surface area contributed by atoms with Gasteiger partial charge in [0.05, 0.1) is 13.2 Å².